The van der Waals surface area contributed by atoms with Crippen LogP contribution in [-0.2, 0) is 13.1 Å². The Morgan fingerprint density at radius 1 is 0.805 bits per heavy atom. The van der Waals surface area contributed by atoms with Crippen molar-refractivity contribution in [1.29, 1.82) is 0 Å². The molecule has 3 aromatic heterocycles. The van der Waals surface area contributed by atoms with E-state index >= 15 is 0 Å². The van der Waals surface area contributed by atoms with Crippen molar-refractivity contribution in [3.63, 3.8) is 0 Å². The van der Waals surface area contributed by atoms with Crippen molar-refractivity contribution in [2.75, 3.05) is 18.0 Å². The molecule has 0 amide bonds. The van der Waals surface area contributed by atoms with E-state index < -0.39 is 0 Å². The van der Waals surface area contributed by atoms with Gasteiger partial charge >= 0.3 is 0 Å². The fourth-order valence-electron chi connectivity index (χ4n) is 5.64. The van der Waals surface area contributed by atoms with Gasteiger partial charge in [-0.05, 0) is 53.6 Å². The van der Waals surface area contributed by atoms with Crippen molar-refractivity contribution in [2.45, 2.75) is 32.0 Å². The monoisotopic (exact) mass is 550 g/mol. The molecule has 1 fully saturated rings. The van der Waals surface area contributed by atoms with Gasteiger partial charge in [0, 0.05) is 38.7 Å². The topological polar surface area (TPSA) is 61.0 Å². The quantitative estimate of drug-likeness (QED) is 0.237. The van der Waals surface area contributed by atoms with Crippen LogP contribution in [0.25, 0.3) is 22.1 Å². The van der Waals surface area contributed by atoms with Gasteiger partial charge in [-0.1, -0.05) is 36.4 Å². The second-order valence-electron chi connectivity index (χ2n) is 10.4. The molecule has 0 unspecified atom stereocenters. The lowest BCUT2D eigenvalue weighted by Gasteiger charge is -2.33. The van der Waals surface area contributed by atoms with Gasteiger partial charge in [-0.3, -0.25) is 0 Å². The molecular formula is C32H28F2N6O. The number of fused-ring (bicyclic) bond motifs is 2. The van der Waals surface area contributed by atoms with E-state index in [1.807, 2.05) is 47.2 Å². The molecule has 0 N–H and O–H groups in total. The Morgan fingerprint density at radius 3 is 2.29 bits per heavy atom. The molecule has 1 saturated heterocycles. The van der Waals surface area contributed by atoms with Crippen LogP contribution in [0.3, 0.4) is 0 Å². The molecule has 7 rings (SSSR count). The second kappa shape index (κ2) is 10.6. The van der Waals surface area contributed by atoms with Gasteiger partial charge in [0.2, 0.25) is 11.8 Å². The normalized spacial score (nSPS) is 14.2. The van der Waals surface area contributed by atoms with Crippen molar-refractivity contribution in [2.24, 2.45) is 0 Å². The maximum atomic E-state index is 13.9. The molecule has 7 nitrogen and oxygen atoms in total. The summed E-state index contributed by atoms with van der Waals surface area (Å²) in [6, 6.07) is 23.3. The van der Waals surface area contributed by atoms with Crippen molar-refractivity contribution >= 4 is 28.0 Å². The van der Waals surface area contributed by atoms with Gasteiger partial charge in [-0.15, -0.1) is 0 Å². The van der Waals surface area contributed by atoms with Crippen LogP contribution < -0.4 is 9.64 Å². The molecule has 1 aliphatic heterocycles. The van der Waals surface area contributed by atoms with E-state index in [4.69, 9.17) is 9.72 Å². The smallest absolute Gasteiger partial charge is 0.226 e. The maximum absolute atomic E-state index is 13.9. The van der Waals surface area contributed by atoms with E-state index in [1.54, 1.807) is 18.2 Å². The summed E-state index contributed by atoms with van der Waals surface area (Å²) < 4.78 is 38.2. The number of rotatable bonds is 7. The molecule has 9 heteroatoms. The number of hydrogen-bond donors (Lipinski definition) is 0. The summed E-state index contributed by atoms with van der Waals surface area (Å²) in [6.07, 6.45) is 5.06. The number of anilines is 1. The minimum atomic E-state index is -0.256. The maximum Gasteiger partial charge on any atom is 0.226 e. The Kier molecular flexibility index (Phi) is 6.54. The number of para-hydroxylation sites is 2. The highest BCUT2D eigenvalue weighted by Gasteiger charge is 2.26. The van der Waals surface area contributed by atoms with E-state index in [-0.39, 0.29) is 17.7 Å². The minimum Gasteiger partial charge on any atom is -0.474 e. The van der Waals surface area contributed by atoms with Crippen molar-refractivity contribution in [1.82, 2.24) is 24.1 Å². The lowest BCUT2D eigenvalue weighted by atomic mass is 10.1. The van der Waals surface area contributed by atoms with Crippen molar-refractivity contribution in [3.05, 3.63) is 114 Å². The molecule has 0 atom stereocenters. The van der Waals surface area contributed by atoms with E-state index in [9.17, 15) is 8.78 Å². The van der Waals surface area contributed by atoms with Crippen LogP contribution in [0.15, 0.2) is 91.4 Å². The van der Waals surface area contributed by atoms with Gasteiger partial charge < -0.3 is 18.8 Å². The minimum absolute atomic E-state index is 0.00281. The summed E-state index contributed by atoms with van der Waals surface area (Å²) >= 11 is 0. The highest BCUT2D eigenvalue weighted by atomic mass is 19.1. The van der Waals surface area contributed by atoms with E-state index in [1.165, 1.54) is 24.5 Å². The third-order valence-electron chi connectivity index (χ3n) is 7.63. The average Bonchev–Trinajstić information content (AvgIpc) is 3.56. The lowest BCUT2D eigenvalue weighted by Crippen LogP contribution is -2.39. The highest BCUT2D eigenvalue weighted by Crippen LogP contribution is 2.29. The number of ether oxygens (including phenoxy) is 1. The molecule has 1 aliphatic rings. The summed E-state index contributed by atoms with van der Waals surface area (Å²) in [7, 11) is 0. The Labute approximate surface area is 235 Å². The third kappa shape index (κ3) is 5.11. The average molecular weight is 551 g/mol. The fourth-order valence-corrected chi connectivity index (χ4v) is 5.64. The summed E-state index contributed by atoms with van der Waals surface area (Å²) in [5, 5.41) is 0.836. The van der Waals surface area contributed by atoms with Crippen LogP contribution in [-0.4, -0.2) is 43.3 Å². The first kappa shape index (κ1) is 25.2. The number of imidazole rings is 1. The predicted molar refractivity (Wildman–Crippen MR) is 154 cm³/mol. The second-order valence-corrected chi connectivity index (χ2v) is 10.4. The van der Waals surface area contributed by atoms with Crippen LogP contribution in [0.1, 0.15) is 24.0 Å². The first-order valence-electron chi connectivity index (χ1n) is 13.8. The third-order valence-corrected chi connectivity index (χ3v) is 7.63. The molecule has 0 aliphatic carbocycles. The molecule has 4 heterocycles. The summed E-state index contributed by atoms with van der Waals surface area (Å²) in [5.74, 6) is 0.945. The van der Waals surface area contributed by atoms with E-state index in [2.05, 4.69) is 25.5 Å². The van der Waals surface area contributed by atoms with Crippen LogP contribution in [0, 0.1) is 11.6 Å². The molecule has 3 aromatic carbocycles. The Morgan fingerprint density at radius 2 is 1.54 bits per heavy atom. The van der Waals surface area contributed by atoms with Crippen LogP contribution >= 0.6 is 0 Å². The molecule has 206 valence electrons. The standard InChI is InChI=1S/C32H28F2N6O/c33-24-7-3-5-22(17-24)19-39-16-13-27-30(39)35-21-36-31(27)41-26-11-14-38(15-12-26)32-37-28-9-1-2-10-29(28)40(32)20-23-6-4-8-25(34)18-23/h1-10,13,16-18,21,26H,11-12,14-15,19-20H2. The van der Waals surface area contributed by atoms with Crippen LogP contribution in [0.4, 0.5) is 14.7 Å². The number of hydrogen-bond acceptors (Lipinski definition) is 5. The molecule has 6 aromatic rings. The van der Waals surface area contributed by atoms with Gasteiger partial charge in [0.15, 0.2) is 0 Å². The Hall–Kier alpha value is -4.79. The van der Waals surface area contributed by atoms with Gasteiger partial charge in [-0.25, -0.2) is 23.7 Å². The fraction of sp³-hybridized carbons (Fsp3) is 0.219. The summed E-state index contributed by atoms with van der Waals surface area (Å²) in [5.41, 5.74) is 4.45. The zero-order chi connectivity index (χ0) is 27.8. The lowest BCUT2D eigenvalue weighted by molar-refractivity contribution is 0.165. The van der Waals surface area contributed by atoms with Crippen LogP contribution in [0.5, 0.6) is 5.88 Å². The number of aromatic nitrogens is 5. The van der Waals surface area contributed by atoms with E-state index in [0.29, 0.717) is 19.0 Å². The first-order valence-corrected chi connectivity index (χ1v) is 13.8. The van der Waals surface area contributed by atoms with Gasteiger partial charge in [-0.2, -0.15) is 0 Å². The summed E-state index contributed by atoms with van der Waals surface area (Å²) in [4.78, 5) is 16.1. The summed E-state index contributed by atoms with van der Waals surface area (Å²) in [6.45, 7) is 2.58. The number of piperidine rings is 1. The van der Waals surface area contributed by atoms with Crippen molar-refractivity contribution < 1.29 is 13.5 Å². The van der Waals surface area contributed by atoms with Gasteiger partial charge in [0.1, 0.15) is 29.7 Å². The zero-order valence-electron chi connectivity index (χ0n) is 22.3. The Bertz CT molecular complexity index is 1840. The number of benzene rings is 3. The molecule has 41 heavy (non-hydrogen) atoms. The van der Waals surface area contributed by atoms with E-state index in [0.717, 1.165) is 65.1 Å². The van der Waals surface area contributed by atoms with Crippen molar-refractivity contribution in [3.8, 4) is 5.88 Å². The SMILES string of the molecule is Fc1cccc(Cn2ccc3c(OC4CCN(c5nc6ccccc6n5Cc5cccc(F)c5)CC4)ncnc32)c1. The van der Waals surface area contributed by atoms with Crippen LogP contribution in [0.2, 0.25) is 0 Å². The molecule has 0 radical (unpaired) electrons. The number of halogens is 2. The van der Waals surface area contributed by atoms with Gasteiger partial charge in [0.05, 0.1) is 23.0 Å². The van der Waals surface area contributed by atoms with Gasteiger partial charge in [0.25, 0.3) is 0 Å². The first-order chi connectivity index (χ1) is 20.1. The molecule has 0 saturated carbocycles. The molecule has 0 spiro atoms. The largest absolute Gasteiger partial charge is 0.474 e. The highest BCUT2D eigenvalue weighted by molar-refractivity contribution is 5.81. The number of nitrogens with zero attached hydrogens (tertiary/aromatic N) is 6. The zero-order valence-corrected chi connectivity index (χ0v) is 22.3. The molecular weight excluding hydrogens is 522 g/mol. The predicted octanol–water partition coefficient (Wildman–Crippen LogP) is 6.20. The Balaban J connectivity index is 1.08. The molecule has 0 bridgehead atoms.